The van der Waals surface area contributed by atoms with Gasteiger partial charge in [0.1, 0.15) is 0 Å². The first-order valence-electron chi connectivity index (χ1n) is 10.7. The molecule has 37 heavy (non-hydrogen) atoms. The molecular formula is C25H24Cl2N2O7S. The molecule has 1 N–H and O–H groups in total. The molecule has 0 fully saturated rings. The van der Waals surface area contributed by atoms with Gasteiger partial charge in [0, 0.05) is 28.7 Å². The van der Waals surface area contributed by atoms with E-state index in [9.17, 15) is 18.0 Å². The fourth-order valence-electron chi connectivity index (χ4n) is 3.42. The zero-order valence-corrected chi connectivity index (χ0v) is 22.5. The molecular weight excluding hydrogens is 543 g/mol. The molecule has 3 aromatic rings. The lowest BCUT2D eigenvalue weighted by molar-refractivity contribution is -0.116. The number of carbonyl (C=O) groups is 2. The predicted octanol–water partition coefficient (Wildman–Crippen LogP) is 4.63. The average molecular weight is 567 g/mol. The van der Waals surface area contributed by atoms with Crippen LogP contribution in [0.25, 0.3) is 0 Å². The van der Waals surface area contributed by atoms with Crippen molar-refractivity contribution in [1.82, 2.24) is 4.31 Å². The first-order valence-corrected chi connectivity index (χ1v) is 12.9. The highest BCUT2D eigenvalue weighted by Crippen LogP contribution is 2.34. The zero-order chi connectivity index (χ0) is 27.2. The Kier molecular flexibility index (Phi) is 9.39. The Balaban J connectivity index is 1.98. The van der Waals surface area contributed by atoms with E-state index >= 15 is 0 Å². The van der Waals surface area contributed by atoms with Gasteiger partial charge in [0.25, 0.3) is 0 Å². The summed E-state index contributed by atoms with van der Waals surface area (Å²) in [4.78, 5) is 25.5. The van der Waals surface area contributed by atoms with Crippen LogP contribution >= 0.6 is 23.2 Å². The van der Waals surface area contributed by atoms with Crippen molar-refractivity contribution >= 4 is 50.8 Å². The van der Waals surface area contributed by atoms with Gasteiger partial charge in [0.15, 0.2) is 11.5 Å². The summed E-state index contributed by atoms with van der Waals surface area (Å²) >= 11 is 12.3. The number of sulfonamides is 1. The highest BCUT2D eigenvalue weighted by molar-refractivity contribution is 7.89. The summed E-state index contributed by atoms with van der Waals surface area (Å²) in [5, 5.41) is 3.21. The van der Waals surface area contributed by atoms with Gasteiger partial charge < -0.3 is 19.5 Å². The van der Waals surface area contributed by atoms with Gasteiger partial charge in [-0.25, -0.2) is 13.2 Å². The van der Waals surface area contributed by atoms with Crippen molar-refractivity contribution in [3.63, 3.8) is 0 Å². The van der Waals surface area contributed by atoms with Gasteiger partial charge in [-0.2, -0.15) is 4.31 Å². The van der Waals surface area contributed by atoms with Crippen LogP contribution < -0.4 is 14.8 Å². The summed E-state index contributed by atoms with van der Waals surface area (Å²) in [6, 6.07) is 15.1. The molecule has 3 rings (SSSR count). The number of halogens is 2. The number of nitrogens with one attached hydrogen (secondary N) is 1. The van der Waals surface area contributed by atoms with Gasteiger partial charge in [-0.05, 0) is 29.8 Å². The number of methoxy groups -OCH3 is 3. The van der Waals surface area contributed by atoms with Crippen LogP contribution in [0.5, 0.6) is 11.5 Å². The number of benzene rings is 3. The number of ether oxygens (including phenoxy) is 3. The third-order valence-electron chi connectivity index (χ3n) is 5.27. The third kappa shape index (κ3) is 6.72. The molecule has 196 valence electrons. The van der Waals surface area contributed by atoms with Crippen molar-refractivity contribution in [1.29, 1.82) is 0 Å². The first kappa shape index (κ1) is 28.3. The summed E-state index contributed by atoms with van der Waals surface area (Å²) in [7, 11) is -0.146. The molecule has 0 unspecified atom stereocenters. The van der Waals surface area contributed by atoms with Crippen molar-refractivity contribution in [2.75, 3.05) is 33.2 Å². The molecule has 0 aromatic heterocycles. The van der Waals surface area contributed by atoms with Crippen LogP contribution in [0.15, 0.2) is 65.6 Å². The van der Waals surface area contributed by atoms with Gasteiger partial charge >= 0.3 is 5.97 Å². The lowest BCUT2D eigenvalue weighted by atomic mass is 10.1. The largest absolute Gasteiger partial charge is 0.493 e. The number of carbonyl (C=O) groups excluding carboxylic acids is 2. The summed E-state index contributed by atoms with van der Waals surface area (Å²) in [6.07, 6.45) is 0. The van der Waals surface area contributed by atoms with Crippen molar-refractivity contribution in [3.8, 4) is 11.5 Å². The Labute approximate surface area is 224 Å². The summed E-state index contributed by atoms with van der Waals surface area (Å²) in [6.45, 7) is -0.804. The molecule has 9 nitrogen and oxygen atoms in total. The molecule has 1 amide bonds. The average Bonchev–Trinajstić information content (AvgIpc) is 2.89. The summed E-state index contributed by atoms with van der Waals surface area (Å²) in [5.74, 6) is -0.973. The van der Waals surface area contributed by atoms with Crippen molar-refractivity contribution in [2.24, 2.45) is 0 Å². The molecule has 0 saturated carbocycles. The molecule has 12 heteroatoms. The predicted molar refractivity (Wildman–Crippen MR) is 140 cm³/mol. The maximum atomic E-state index is 13.5. The van der Waals surface area contributed by atoms with E-state index in [0.29, 0.717) is 10.6 Å². The van der Waals surface area contributed by atoms with Crippen LogP contribution in [0.4, 0.5) is 5.69 Å². The molecule has 0 aliphatic carbocycles. The minimum absolute atomic E-state index is 0.00532. The number of hydrogen-bond donors (Lipinski definition) is 1. The van der Waals surface area contributed by atoms with Crippen LogP contribution in [-0.4, -0.2) is 52.5 Å². The molecule has 3 aromatic carbocycles. The van der Waals surface area contributed by atoms with Crippen LogP contribution in [0.1, 0.15) is 15.9 Å². The molecule has 0 aliphatic rings. The molecule has 0 heterocycles. The third-order valence-corrected chi connectivity index (χ3v) is 7.66. The van der Waals surface area contributed by atoms with E-state index in [1.807, 2.05) is 0 Å². The van der Waals surface area contributed by atoms with E-state index in [1.165, 1.54) is 51.7 Å². The summed E-state index contributed by atoms with van der Waals surface area (Å²) < 4.78 is 43.2. The van der Waals surface area contributed by atoms with Gasteiger partial charge in [-0.3, -0.25) is 4.79 Å². The van der Waals surface area contributed by atoms with E-state index in [1.54, 1.807) is 30.3 Å². The van der Waals surface area contributed by atoms with Gasteiger partial charge in [0.05, 0.1) is 44.0 Å². The monoisotopic (exact) mass is 566 g/mol. The normalized spacial score (nSPS) is 11.2. The highest BCUT2D eigenvalue weighted by Gasteiger charge is 2.28. The Morgan fingerprint density at radius 3 is 2.16 bits per heavy atom. The molecule has 0 radical (unpaired) electrons. The van der Waals surface area contributed by atoms with Crippen LogP contribution in [0.3, 0.4) is 0 Å². The van der Waals surface area contributed by atoms with Gasteiger partial charge in [-0.1, -0.05) is 47.5 Å². The lowest BCUT2D eigenvalue weighted by Gasteiger charge is -2.23. The zero-order valence-electron chi connectivity index (χ0n) is 20.2. The lowest BCUT2D eigenvalue weighted by Crippen LogP contribution is -2.37. The van der Waals surface area contributed by atoms with Crippen molar-refractivity contribution in [2.45, 2.75) is 11.4 Å². The number of rotatable bonds is 10. The Bertz CT molecular complexity index is 1400. The fraction of sp³-hybridized carbons (Fsp3) is 0.200. The highest BCUT2D eigenvalue weighted by atomic mass is 35.5. The first-order chi connectivity index (χ1) is 17.6. The number of esters is 1. The second-order valence-electron chi connectivity index (χ2n) is 7.61. The molecule has 0 saturated heterocycles. The molecule has 0 atom stereocenters. The molecule has 0 aliphatic heterocycles. The van der Waals surface area contributed by atoms with Crippen LogP contribution in [0, 0.1) is 0 Å². The van der Waals surface area contributed by atoms with Crippen molar-refractivity contribution < 1.29 is 32.2 Å². The number of amides is 1. The Morgan fingerprint density at radius 2 is 1.57 bits per heavy atom. The number of hydrogen-bond acceptors (Lipinski definition) is 7. The SMILES string of the molecule is COC(=O)c1cc(OC)c(OC)cc1NC(=O)CN(Cc1ccc(Cl)cc1Cl)S(=O)(=O)c1ccccc1. The fourth-order valence-corrected chi connectivity index (χ4v) is 5.28. The van der Waals surface area contributed by atoms with Gasteiger partial charge in [0.2, 0.25) is 15.9 Å². The Hall–Kier alpha value is -3.31. The standard InChI is InChI=1S/C25H24Cl2N2O7S/c1-34-22-12-19(25(31)36-3)21(13-23(22)35-2)28-24(30)15-29(14-16-9-10-17(26)11-20(16)27)37(32,33)18-7-5-4-6-8-18/h4-13H,14-15H2,1-3H3,(H,28,30). The summed E-state index contributed by atoms with van der Waals surface area (Å²) in [5.41, 5.74) is 0.488. The minimum atomic E-state index is -4.12. The van der Waals surface area contributed by atoms with E-state index in [2.05, 4.69) is 5.32 Å². The quantitative estimate of drug-likeness (QED) is 0.356. The molecule has 0 bridgehead atoms. The number of anilines is 1. The maximum Gasteiger partial charge on any atom is 0.340 e. The second-order valence-corrected chi connectivity index (χ2v) is 10.4. The van der Waals surface area contributed by atoms with E-state index in [-0.39, 0.29) is 39.2 Å². The minimum Gasteiger partial charge on any atom is -0.493 e. The van der Waals surface area contributed by atoms with E-state index in [0.717, 1.165) is 4.31 Å². The second kappa shape index (κ2) is 12.3. The number of nitrogens with zero attached hydrogens (tertiary/aromatic N) is 1. The smallest absolute Gasteiger partial charge is 0.340 e. The van der Waals surface area contributed by atoms with Crippen LogP contribution in [-0.2, 0) is 26.1 Å². The molecule has 0 spiro atoms. The van der Waals surface area contributed by atoms with Crippen LogP contribution in [0.2, 0.25) is 10.0 Å². The van der Waals surface area contributed by atoms with Gasteiger partial charge in [-0.15, -0.1) is 0 Å². The Morgan fingerprint density at radius 1 is 0.919 bits per heavy atom. The topological polar surface area (TPSA) is 111 Å². The van der Waals surface area contributed by atoms with E-state index in [4.69, 9.17) is 37.4 Å². The van der Waals surface area contributed by atoms with E-state index < -0.39 is 28.4 Å². The maximum absolute atomic E-state index is 13.5. The van der Waals surface area contributed by atoms with Crippen molar-refractivity contribution in [3.05, 3.63) is 81.8 Å².